The highest BCUT2D eigenvalue weighted by atomic mass is 19.1. The zero-order valence-corrected chi connectivity index (χ0v) is 15.6. The largest absolute Gasteiger partial charge is 0.485 e. The second kappa shape index (κ2) is 10.0. The van der Waals surface area contributed by atoms with E-state index in [2.05, 4.69) is 5.32 Å². The average Bonchev–Trinajstić information content (AvgIpc) is 2.76. The summed E-state index contributed by atoms with van der Waals surface area (Å²) in [4.78, 5) is 23.0. The summed E-state index contributed by atoms with van der Waals surface area (Å²) < 4.78 is 24.3. The van der Waals surface area contributed by atoms with E-state index in [0.29, 0.717) is 5.75 Å². The van der Waals surface area contributed by atoms with Crippen molar-refractivity contribution in [3.05, 3.63) is 95.6 Å². The molecule has 3 aromatic rings. The molecule has 0 saturated heterocycles. The quantitative estimate of drug-likeness (QED) is 0.557. The molecule has 29 heavy (non-hydrogen) atoms. The fourth-order valence-corrected chi connectivity index (χ4v) is 2.67. The lowest BCUT2D eigenvalue weighted by Crippen LogP contribution is -2.28. The monoisotopic (exact) mass is 393 g/mol. The van der Waals surface area contributed by atoms with Crippen LogP contribution in [0, 0.1) is 0 Å². The number of hydrogen-bond donors (Lipinski definition) is 1. The molecule has 0 spiro atoms. The van der Waals surface area contributed by atoms with Gasteiger partial charge in [-0.25, -0.2) is 0 Å². The van der Waals surface area contributed by atoms with Gasteiger partial charge in [-0.2, -0.15) is 4.39 Å². The van der Waals surface area contributed by atoms with Gasteiger partial charge in [0.2, 0.25) is 0 Å². The van der Waals surface area contributed by atoms with Crippen LogP contribution in [0.15, 0.2) is 78.9 Å². The van der Waals surface area contributed by atoms with Crippen LogP contribution in [0.3, 0.4) is 0 Å². The number of para-hydroxylation sites is 1. The lowest BCUT2D eigenvalue weighted by atomic mass is 10.1. The predicted octanol–water partition coefficient (Wildman–Crippen LogP) is 4.07. The Labute approximate surface area is 168 Å². The number of nitrogens with one attached hydrogen (secondary N) is 1. The van der Waals surface area contributed by atoms with Crippen molar-refractivity contribution >= 4 is 11.9 Å². The molecule has 6 heteroatoms. The van der Waals surface area contributed by atoms with Crippen LogP contribution in [-0.4, -0.2) is 18.5 Å². The van der Waals surface area contributed by atoms with Crippen molar-refractivity contribution in [2.24, 2.45) is 0 Å². The first-order valence-corrected chi connectivity index (χ1v) is 9.06. The van der Waals surface area contributed by atoms with E-state index < -0.39 is 18.5 Å². The minimum Gasteiger partial charge on any atom is -0.485 e. The number of carbonyl (C=O) groups excluding carboxylic acids is 2. The molecule has 0 fully saturated rings. The lowest BCUT2D eigenvalue weighted by Gasteiger charge is -2.16. The molecular weight excluding hydrogens is 373 g/mol. The first kappa shape index (κ1) is 20.1. The van der Waals surface area contributed by atoms with E-state index in [0.717, 1.165) is 11.1 Å². The van der Waals surface area contributed by atoms with Gasteiger partial charge < -0.3 is 14.8 Å². The molecule has 0 atom stereocenters. The highest BCUT2D eigenvalue weighted by molar-refractivity contribution is 5.99. The van der Waals surface area contributed by atoms with E-state index in [9.17, 15) is 14.0 Å². The molecule has 0 radical (unpaired) electrons. The maximum absolute atomic E-state index is 12.5. The average molecular weight is 393 g/mol. The standard InChI is InChI=1S/C23H20FNO4/c24-21(26)14-25-23(27)19-12-7-13-20(28-15-17-8-3-1-4-9-17)22(19)29-16-18-10-5-2-6-11-18/h1-13H,14-16H2,(H,25,27). The van der Waals surface area contributed by atoms with E-state index in [1.807, 2.05) is 60.7 Å². The molecule has 148 valence electrons. The molecule has 0 heterocycles. The minimum absolute atomic E-state index is 0.160. The number of rotatable bonds is 9. The Morgan fingerprint density at radius 2 is 1.34 bits per heavy atom. The topological polar surface area (TPSA) is 64.6 Å². The second-order valence-electron chi connectivity index (χ2n) is 6.22. The van der Waals surface area contributed by atoms with Gasteiger partial charge in [0.25, 0.3) is 5.91 Å². The molecule has 0 aliphatic carbocycles. The molecule has 0 aromatic heterocycles. The van der Waals surface area contributed by atoms with Crippen molar-refractivity contribution in [2.45, 2.75) is 13.2 Å². The Bertz CT molecular complexity index is 961. The first-order chi connectivity index (χ1) is 14.1. The van der Waals surface area contributed by atoms with Crippen molar-refractivity contribution in [3.63, 3.8) is 0 Å². The summed E-state index contributed by atoms with van der Waals surface area (Å²) in [7, 11) is 0. The van der Waals surface area contributed by atoms with Crippen LogP contribution in [0.4, 0.5) is 4.39 Å². The van der Waals surface area contributed by atoms with Gasteiger partial charge in [-0.15, -0.1) is 0 Å². The third kappa shape index (κ3) is 5.90. The van der Waals surface area contributed by atoms with Gasteiger partial charge in [-0.05, 0) is 23.3 Å². The highest BCUT2D eigenvalue weighted by Crippen LogP contribution is 2.33. The van der Waals surface area contributed by atoms with Crippen molar-refractivity contribution in [1.82, 2.24) is 5.32 Å². The van der Waals surface area contributed by atoms with Crippen LogP contribution in [0.5, 0.6) is 11.5 Å². The summed E-state index contributed by atoms with van der Waals surface area (Å²) >= 11 is 0. The zero-order chi connectivity index (χ0) is 20.5. The first-order valence-electron chi connectivity index (χ1n) is 9.06. The van der Waals surface area contributed by atoms with E-state index in [1.54, 1.807) is 12.1 Å². The van der Waals surface area contributed by atoms with Crippen LogP contribution in [0.2, 0.25) is 0 Å². The number of benzene rings is 3. The van der Waals surface area contributed by atoms with Gasteiger partial charge in [0, 0.05) is 0 Å². The SMILES string of the molecule is O=C(F)CNC(=O)c1cccc(OCc2ccccc2)c1OCc1ccccc1. The Morgan fingerprint density at radius 3 is 1.93 bits per heavy atom. The molecule has 5 nitrogen and oxygen atoms in total. The summed E-state index contributed by atoms with van der Waals surface area (Å²) in [6.45, 7) is -0.197. The van der Waals surface area contributed by atoms with Crippen LogP contribution < -0.4 is 14.8 Å². The fourth-order valence-electron chi connectivity index (χ4n) is 2.67. The number of amides is 1. The number of hydrogen-bond acceptors (Lipinski definition) is 4. The fraction of sp³-hybridized carbons (Fsp3) is 0.130. The molecule has 0 aliphatic heterocycles. The number of carbonyl (C=O) groups is 2. The van der Waals surface area contributed by atoms with Gasteiger partial charge in [0.15, 0.2) is 11.5 Å². The third-order valence-corrected chi connectivity index (χ3v) is 4.07. The highest BCUT2D eigenvalue weighted by Gasteiger charge is 2.18. The summed E-state index contributed by atoms with van der Waals surface area (Å²) in [6, 6.07) is 22.3. The van der Waals surface area contributed by atoms with Crippen LogP contribution in [0.1, 0.15) is 21.5 Å². The molecule has 0 bridgehead atoms. The predicted molar refractivity (Wildman–Crippen MR) is 106 cm³/mol. The van der Waals surface area contributed by atoms with Crippen LogP contribution in [0.25, 0.3) is 0 Å². The third-order valence-electron chi connectivity index (χ3n) is 4.07. The molecule has 3 aromatic carbocycles. The molecule has 0 saturated carbocycles. The molecule has 0 aliphatic rings. The number of halogens is 1. The van der Waals surface area contributed by atoms with E-state index in [4.69, 9.17) is 9.47 Å². The summed E-state index contributed by atoms with van der Waals surface area (Å²) in [6.07, 6.45) is 0. The van der Waals surface area contributed by atoms with Crippen LogP contribution in [-0.2, 0) is 18.0 Å². The van der Waals surface area contributed by atoms with Crippen molar-refractivity contribution < 1.29 is 23.5 Å². The maximum Gasteiger partial charge on any atom is 0.320 e. The van der Waals surface area contributed by atoms with Crippen molar-refractivity contribution in [2.75, 3.05) is 6.54 Å². The zero-order valence-electron chi connectivity index (χ0n) is 15.6. The lowest BCUT2D eigenvalue weighted by molar-refractivity contribution is -0.128. The van der Waals surface area contributed by atoms with E-state index in [-0.39, 0.29) is 24.5 Å². The summed E-state index contributed by atoms with van der Waals surface area (Å²) in [5.74, 6) is -0.00989. The van der Waals surface area contributed by atoms with Gasteiger partial charge in [-0.3, -0.25) is 9.59 Å². The van der Waals surface area contributed by atoms with Crippen molar-refractivity contribution in [1.29, 1.82) is 0 Å². The van der Waals surface area contributed by atoms with Gasteiger partial charge in [0.1, 0.15) is 19.8 Å². The van der Waals surface area contributed by atoms with E-state index >= 15 is 0 Å². The molecule has 1 amide bonds. The van der Waals surface area contributed by atoms with Gasteiger partial charge in [-0.1, -0.05) is 66.7 Å². The minimum atomic E-state index is -1.62. The second-order valence-corrected chi connectivity index (χ2v) is 6.22. The Morgan fingerprint density at radius 1 is 0.759 bits per heavy atom. The van der Waals surface area contributed by atoms with Crippen molar-refractivity contribution in [3.8, 4) is 11.5 Å². The van der Waals surface area contributed by atoms with E-state index in [1.165, 1.54) is 6.07 Å². The smallest absolute Gasteiger partial charge is 0.320 e. The Hall–Kier alpha value is -3.67. The summed E-state index contributed by atoms with van der Waals surface area (Å²) in [5, 5.41) is 2.24. The van der Waals surface area contributed by atoms with Crippen LogP contribution >= 0.6 is 0 Å². The number of ether oxygens (including phenoxy) is 2. The molecule has 1 N–H and O–H groups in total. The Kier molecular flexibility index (Phi) is 6.95. The maximum atomic E-state index is 12.5. The molecule has 3 rings (SSSR count). The Balaban J connectivity index is 1.83. The molecular formula is C23H20FNO4. The molecule has 0 unspecified atom stereocenters. The van der Waals surface area contributed by atoms with Gasteiger partial charge in [0.05, 0.1) is 5.56 Å². The normalized spacial score (nSPS) is 10.2. The summed E-state index contributed by atoms with van der Waals surface area (Å²) in [5.41, 5.74) is 2.03. The van der Waals surface area contributed by atoms with Gasteiger partial charge >= 0.3 is 6.04 Å².